The summed E-state index contributed by atoms with van der Waals surface area (Å²) in [5, 5.41) is 12.5. The number of imidazole rings is 1. The molecular formula is C29H28N10. The Kier molecular flexibility index (Phi) is 6.57. The zero-order valence-electron chi connectivity index (χ0n) is 21.6. The Hall–Kier alpha value is -4.88. The summed E-state index contributed by atoms with van der Waals surface area (Å²) >= 11 is 0. The number of aromatic nitrogens is 6. The lowest BCUT2D eigenvalue weighted by atomic mass is 10.0. The lowest BCUT2D eigenvalue weighted by Gasteiger charge is -2.32. The van der Waals surface area contributed by atoms with Crippen LogP contribution in [0.1, 0.15) is 29.9 Å². The van der Waals surface area contributed by atoms with E-state index in [1.165, 1.54) is 5.56 Å². The second kappa shape index (κ2) is 10.5. The number of nitrogen functional groups attached to an aromatic ring is 1. The van der Waals surface area contributed by atoms with Crippen LogP contribution in [-0.2, 0) is 6.54 Å². The first kappa shape index (κ1) is 24.5. The Morgan fingerprint density at radius 1 is 1.03 bits per heavy atom. The fraction of sp³-hybridized carbons (Fsp3) is 0.241. The van der Waals surface area contributed by atoms with Crippen molar-refractivity contribution < 1.29 is 0 Å². The Morgan fingerprint density at radius 3 is 2.62 bits per heavy atom. The molecular weight excluding hydrogens is 488 g/mol. The maximum atomic E-state index is 9.02. The van der Waals surface area contributed by atoms with E-state index in [2.05, 4.69) is 59.0 Å². The Bertz CT molecular complexity index is 1660. The van der Waals surface area contributed by atoms with Gasteiger partial charge in [-0.25, -0.2) is 19.9 Å². The van der Waals surface area contributed by atoms with E-state index >= 15 is 0 Å². The number of aryl methyl sites for hydroxylation is 1. The molecule has 3 N–H and O–H groups in total. The highest BCUT2D eigenvalue weighted by atomic mass is 15.2. The van der Waals surface area contributed by atoms with E-state index in [4.69, 9.17) is 16.0 Å². The number of rotatable bonds is 6. The third kappa shape index (κ3) is 5.12. The predicted molar refractivity (Wildman–Crippen MR) is 150 cm³/mol. The van der Waals surface area contributed by atoms with Crippen LogP contribution in [0.3, 0.4) is 0 Å². The average Bonchev–Trinajstić information content (AvgIpc) is 3.33. The molecule has 1 aliphatic heterocycles. The van der Waals surface area contributed by atoms with E-state index in [1.54, 1.807) is 18.6 Å². The smallest absolute Gasteiger partial charge is 0.234 e. The van der Waals surface area contributed by atoms with Crippen LogP contribution in [0, 0.1) is 18.3 Å². The van der Waals surface area contributed by atoms with Crippen molar-refractivity contribution in [1.29, 1.82) is 5.26 Å². The number of likely N-dealkylation sites (tertiary alicyclic amines) is 1. The number of piperidine rings is 1. The van der Waals surface area contributed by atoms with Gasteiger partial charge in [0, 0.05) is 49.5 Å². The first-order valence-corrected chi connectivity index (χ1v) is 12.9. The van der Waals surface area contributed by atoms with Crippen molar-refractivity contribution in [2.24, 2.45) is 0 Å². The van der Waals surface area contributed by atoms with Crippen LogP contribution in [0.5, 0.6) is 0 Å². The van der Waals surface area contributed by atoms with Gasteiger partial charge < -0.3 is 11.1 Å². The number of benzene rings is 1. The van der Waals surface area contributed by atoms with Gasteiger partial charge in [-0.1, -0.05) is 12.1 Å². The molecule has 1 aliphatic rings. The molecule has 0 amide bonds. The molecule has 10 nitrogen and oxygen atoms in total. The first-order chi connectivity index (χ1) is 19.1. The summed E-state index contributed by atoms with van der Waals surface area (Å²) in [6.45, 7) is 4.83. The molecule has 0 radical (unpaired) electrons. The summed E-state index contributed by atoms with van der Waals surface area (Å²) in [5.41, 5.74) is 12.0. The van der Waals surface area contributed by atoms with Crippen molar-refractivity contribution >= 4 is 22.7 Å². The maximum Gasteiger partial charge on any atom is 0.234 e. The summed E-state index contributed by atoms with van der Waals surface area (Å²) in [7, 11) is 0. The summed E-state index contributed by atoms with van der Waals surface area (Å²) in [6.07, 6.45) is 7.12. The molecule has 1 aromatic carbocycles. The van der Waals surface area contributed by atoms with Crippen molar-refractivity contribution in [2.45, 2.75) is 32.4 Å². The molecule has 0 aliphatic carbocycles. The highest BCUT2D eigenvalue weighted by molar-refractivity contribution is 5.85. The van der Waals surface area contributed by atoms with E-state index in [0.29, 0.717) is 17.7 Å². The topological polar surface area (TPSA) is 134 Å². The number of nitriles is 1. The SMILES string of the molecule is Cc1cc2c(cn1)nc(-c1cccnc1N)n2-c1ccc(CN2CCC(Nc3ccnc(C#N)n3)CC2)cc1. The van der Waals surface area contributed by atoms with Gasteiger partial charge in [-0.3, -0.25) is 14.5 Å². The van der Waals surface area contributed by atoms with Gasteiger partial charge in [-0.2, -0.15) is 5.26 Å². The van der Waals surface area contributed by atoms with Gasteiger partial charge in [0.15, 0.2) is 0 Å². The zero-order chi connectivity index (χ0) is 26.8. The fourth-order valence-corrected chi connectivity index (χ4v) is 5.08. The van der Waals surface area contributed by atoms with Crippen molar-refractivity contribution in [3.05, 3.63) is 84.2 Å². The molecule has 0 saturated carbocycles. The number of anilines is 2. The molecule has 194 valence electrons. The lowest BCUT2D eigenvalue weighted by molar-refractivity contribution is 0.211. The largest absolute Gasteiger partial charge is 0.383 e. The molecule has 1 fully saturated rings. The molecule has 5 aromatic rings. The Labute approximate surface area is 226 Å². The number of fused-ring (bicyclic) bond motifs is 1. The molecule has 39 heavy (non-hydrogen) atoms. The molecule has 4 aromatic heterocycles. The summed E-state index contributed by atoms with van der Waals surface area (Å²) < 4.78 is 2.13. The van der Waals surface area contributed by atoms with Crippen LogP contribution in [0.15, 0.2) is 67.1 Å². The molecule has 6 rings (SSSR count). The molecule has 5 heterocycles. The third-order valence-corrected chi connectivity index (χ3v) is 7.05. The minimum absolute atomic E-state index is 0.187. The van der Waals surface area contributed by atoms with Gasteiger partial charge in [0.25, 0.3) is 0 Å². The summed E-state index contributed by atoms with van der Waals surface area (Å²) in [4.78, 5) is 24.2. The van der Waals surface area contributed by atoms with Gasteiger partial charge in [-0.05, 0) is 61.7 Å². The highest BCUT2D eigenvalue weighted by Crippen LogP contribution is 2.31. The summed E-state index contributed by atoms with van der Waals surface area (Å²) in [6, 6.07) is 18.6. The Morgan fingerprint density at radius 2 is 1.85 bits per heavy atom. The Balaban J connectivity index is 1.18. The molecule has 0 spiro atoms. The van der Waals surface area contributed by atoms with E-state index in [0.717, 1.165) is 66.3 Å². The van der Waals surface area contributed by atoms with Gasteiger partial charge in [0.2, 0.25) is 5.82 Å². The molecule has 0 unspecified atom stereocenters. The number of pyridine rings is 2. The van der Waals surface area contributed by atoms with Gasteiger partial charge in [-0.15, -0.1) is 0 Å². The van der Waals surface area contributed by atoms with E-state index in [9.17, 15) is 0 Å². The first-order valence-electron chi connectivity index (χ1n) is 12.9. The van der Waals surface area contributed by atoms with Crippen molar-refractivity contribution in [3.63, 3.8) is 0 Å². The van der Waals surface area contributed by atoms with Crippen molar-refractivity contribution in [2.75, 3.05) is 24.1 Å². The van der Waals surface area contributed by atoms with Crippen molar-refractivity contribution in [1.82, 2.24) is 34.4 Å². The number of nitrogens with two attached hydrogens (primary N) is 1. The van der Waals surface area contributed by atoms with E-state index < -0.39 is 0 Å². The fourth-order valence-electron chi connectivity index (χ4n) is 5.08. The molecule has 0 bridgehead atoms. The molecule has 1 saturated heterocycles. The maximum absolute atomic E-state index is 9.02. The van der Waals surface area contributed by atoms with E-state index in [-0.39, 0.29) is 5.82 Å². The number of nitrogens with zero attached hydrogens (tertiary/aromatic N) is 8. The lowest BCUT2D eigenvalue weighted by Crippen LogP contribution is -2.38. The van der Waals surface area contributed by atoms with Crippen LogP contribution in [-0.4, -0.2) is 53.5 Å². The van der Waals surface area contributed by atoms with Crippen LogP contribution in [0.4, 0.5) is 11.6 Å². The molecule has 10 heteroatoms. The standard InChI is InChI=1S/C29H28N10/c1-19-15-25-24(17-34-19)36-29(23-3-2-11-33-28(23)31)39(25)22-6-4-20(5-7-22)18-38-13-9-21(10-14-38)35-26-8-12-32-27(16-30)37-26/h2-8,11-12,15,17,21H,9-10,13-14,18H2,1H3,(H2,31,33)(H,32,35,37). The van der Waals surface area contributed by atoms with Crippen LogP contribution < -0.4 is 11.1 Å². The zero-order valence-corrected chi connectivity index (χ0v) is 21.6. The third-order valence-electron chi connectivity index (χ3n) is 7.05. The normalized spacial score (nSPS) is 14.4. The van der Waals surface area contributed by atoms with Crippen LogP contribution in [0.2, 0.25) is 0 Å². The van der Waals surface area contributed by atoms with Crippen molar-refractivity contribution in [3.8, 4) is 23.1 Å². The monoisotopic (exact) mass is 516 g/mol. The summed E-state index contributed by atoms with van der Waals surface area (Å²) in [5.74, 6) is 2.09. The van der Waals surface area contributed by atoms with E-state index in [1.807, 2.05) is 37.3 Å². The van der Waals surface area contributed by atoms with Gasteiger partial charge in [0.05, 0.1) is 17.3 Å². The van der Waals surface area contributed by atoms with Crippen LogP contribution >= 0.6 is 0 Å². The molecule has 0 atom stereocenters. The van der Waals surface area contributed by atoms with Crippen LogP contribution in [0.25, 0.3) is 28.1 Å². The minimum atomic E-state index is 0.187. The average molecular weight is 517 g/mol. The minimum Gasteiger partial charge on any atom is -0.383 e. The second-order valence-electron chi connectivity index (χ2n) is 9.76. The van der Waals surface area contributed by atoms with Gasteiger partial charge in [0.1, 0.15) is 29.0 Å². The second-order valence-corrected chi connectivity index (χ2v) is 9.76. The highest BCUT2D eigenvalue weighted by Gasteiger charge is 2.21. The predicted octanol–water partition coefficient (Wildman–Crippen LogP) is 4.11. The quantitative estimate of drug-likeness (QED) is 0.342. The number of hydrogen-bond acceptors (Lipinski definition) is 9. The number of nitrogens with one attached hydrogen (secondary N) is 1. The van der Waals surface area contributed by atoms with Gasteiger partial charge >= 0.3 is 0 Å². The number of hydrogen-bond donors (Lipinski definition) is 2.